The van der Waals surface area contributed by atoms with E-state index in [-0.39, 0.29) is 11.9 Å². The Morgan fingerprint density at radius 2 is 2.31 bits per heavy atom. The molecule has 0 aromatic heterocycles. The monoisotopic (exact) mass is 285 g/mol. The summed E-state index contributed by atoms with van der Waals surface area (Å²) in [7, 11) is 0. The number of rotatable bonds is 6. The van der Waals surface area contributed by atoms with Crippen molar-refractivity contribution in [3.8, 4) is 0 Å². The van der Waals surface area contributed by atoms with Gasteiger partial charge < -0.3 is 5.32 Å². The smallest absolute Gasteiger partial charge is 0.128 e. The Hall–Kier alpha value is -0.670. The summed E-state index contributed by atoms with van der Waals surface area (Å²) in [6.07, 6.45) is 3.57. The average Bonchev–Trinajstić information content (AvgIpc) is 2.28. The van der Waals surface area contributed by atoms with Gasteiger partial charge in [-0.2, -0.15) is 0 Å². The maximum Gasteiger partial charge on any atom is 0.128 e. The second-order valence-corrected chi connectivity index (χ2v) is 4.61. The van der Waals surface area contributed by atoms with Crippen LogP contribution >= 0.6 is 15.9 Å². The van der Waals surface area contributed by atoms with Crippen molar-refractivity contribution in [2.45, 2.75) is 25.8 Å². The quantitative estimate of drug-likeness (QED) is 0.773. The third-order valence-electron chi connectivity index (χ3n) is 2.38. The summed E-state index contributed by atoms with van der Waals surface area (Å²) in [6, 6.07) is 5.04. The van der Waals surface area contributed by atoms with E-state index in [4.69, 9.17) is 0 Å². The van der Waals surface area contributed by atoms with Gasteiger partial charge in [-0.1, -0.05) is 28.9 Å². The van der Waals surface area contributed by atoms with Crippen molar-refractivity contribution in [3.63, 3.8) is 0 Å². The average molecular weight is 286 g/mol. The molecular weight excluding hydrogens is 269 g/mol. The van der Waals surface area contributed by atoms with Gasteiger partial charge in [-0.05, 0) is 37.6 Å². The molecule has 0 aliphatic carbocycles. The Morgan fingerprint density at radius 1 is 1.56 bits per heavy atom. The van der Waals surface area contributed by atoms with Crippen LogP contribution in [0.25, 0.3) is 0 Å². The Labute approximate surface area is 105 Å². The van der Waals surface area contributed by atoms with Gasteiger partial charge >= 0.3 is 0 Å². The largest absolute Gasteiger partial charge is 0.310 e. The minimum absolute atomic E-state index is 0.00921. The van der Waals surface area contributed by atoms with E-state index in [1.807, 2.05) is 12.1 Å². The predicted molar refractivity (Wildman–Crippen MR) is 69.9 cm³/mol. The zero-order chi connectivity index (χ0) is 12.0. The lowest BCUT2D eigenvalue weighted by atomic mass is 10.0. The van der Waals surface area contributed by atoms with Crippen LogP contribution < -0.4 is 5.32 Å². The van der Waals surface area contributed by atoms with Crippen molar-refractivity contribution in [3.05, 3.63) is 46.7 Å². The summed E-state index contributed by atoms with van der Waals surface area (Å²) in [5.41, 5.74) is 0.697. The summed E-state index contributed by atoms with van der Waals surface area (Å²) in [6.45, 7) is 6.68. The predicted octanol–water partition coefficient (Wildman–Crippen LogP) is 4.21. The van der Waals surface area contributed by atoms with Crippen molar-refractivity contribution in [1.82, 2.24) is 5.32 Å². The van der Waals surface area contributed by atoms with Crippen molar-refractivity contribution >= 4 is 15.9 Å². The molecule has 16 heavy (non-hydrogen) atoms. The molecule has 0 saturated heterocycles. The summed E-state index contributed by atoms with van der Waals surface area (Å²) in [5, 5.41) is 3.32. The van der Waals surface area contributed by atoms with Crippen molar-refractivity contribution in [2.24, 2.45) is 0 Å². The lowest BCUT2D eigenvalue weighted by molar-refractivity contribution is 0.503. The van der Waals surface area contributed by atoms with Gasteiger partial charge in [-0.3, -0.25) is 0 Å². The molecular formula is C13H17BrFN. The molecule has 1 aromatic rings. The first kappa shape index (κ1) is 13.4. The molecule has 0 spiro atoms. The molecule has 1 N–H and O–H groups in total. The van der Waals surface area contributed by atoms with E-state index in [1.54, 1.807) is 6.07 Å². The molecule has 0 amide bonds. The maximum absolute atomic E-state index is 13.7. The molecule has 0 aliphatic rings. The van der Waals surface area contributed by atoms with Crippen LogP contribution in [0.2, 0.25) is 0 Å². The fourth-order valence-electron chi connectivity index (χ4n) is 1.59. The van der Waals surface area contributed by atoms with Crippen molar-refractivity contribution < 1.29 is 4.39 Å². The molecule has 0 heterocycles. The van der Waals surface area contributed by atoms with Gasteiger partial charge in [0.2, 0.25) is 0 Å². The fourth-order valence-corrected chi connectivity index (χ4v) is 1.97. The van der Waals surface area contributed by atoms with Crippen molar-refractivity contribution in [2.75, 3.05) is 6.54 Å². The normalized spacial score (nSPS) is 12.4. The molecule has 0 radical (unpaired) electrons. The molecule has 1 rings (SSSR count). The summed E-state index contributed by atoms with van der Waals surface area (Å²) in [4.78, 5) is 0. The first-order valence-corrected chi connectivity index (χ1v) is 6.27. The Bertz CT molecular complexity index is 352. The van der Waals surface area contributed by atoms with Crippen LogP contribution in [0.5, 0.6) is 0 Å². The van der Waals surface area contributed by atoms with Crippen LogP contribution in [-0.2, 0) is 0 Å². The van der Waals surface area contributed by atoms with E-state index in [0.29, 0.717) is 5.56 Å². The minimum Gasteiger partial charge on any atom is -0.310 e. The number of hydrogen-bond donors (Lipinski definition) is 1. The van der Waals surface area contributed by atoms with Gasteiger partial charge in [0.15, 0.2) is 0 Å². The maximum atomic E-state index is 13.7. The van der Waals surface area contributed by atoms with Gasteiger partial charge in [-0.15, -0.1) is 6.58 Å². The molecule has 0 bridgehead atoms. The zero-order valence-corrected chi connectivity index (χ0v) is 11.1. The second-order valence-electron chi connectivity index (χ2n) is 3.70. The standard InChI is InChI=1S/C13H17BrFN/c1-3-5-13(16-8-4-2)11-9-10(14)6-7-12(11)15/h3,6-7,9,13,16H,1,4-5,8H2,2H3. The minimum atomic E-state index is -0.168. The topological polar surface area (TPSA) is 12.0 Å². The third-order valence-corrected chi connectivity index (χ3v) is 2.87. The van der Waals surface area contributed by atoms with Gasteiger partial charge in [0, 0.05) is 16.1 Å². The highest BCUT2D eigenvalue weighted by molar-refractivity contribution is 9.10. The van der Waals surface area contributed by atoms with Gasteiger partial charge in [0.1, 0.15) is 5.82 Å². The number of nitrogens with one attached hydrogen (secondary N) is 1. The molecule has 88 valence electrons. The van der Waals surface area contributed by atoms with Crippen molar-refractivity contribution in [1.29, 1.82) is 0 Å². The molecule has 0 aliphatic heterocycles. The van der Waals surface area contributed by atoms with Crippen LogP contribution in [0.15, 0.2) is 35.3 Å². The highest BCUT2D eigenvalue weighted by atomic mass is 79.9. The van der Waals surface area contributed by atoms with Crippen LogP contribution in [0.3, 0.4) is 0 Å². The first-order chi connectivity index (χ1) is 7.69. The SMILES string of the molecule is C=CCC(NCCC)c1cc(Br)ccc1F. The molecule has 1 nitrogen and oxygen atoms in total. The summed E-state index contributed by atoms with van der Waals surface area (Å²) >= 11 is 3.36. The summed E-state index contributed by atoms with van der Waals surface area (Å²) < 4.78 is 14.6. The first-order valence-electron chi connectivity index (χ1n) is 5.48. The van der Waals surface area contributed by atoms with Crippen LogP contribution in [-0.4, -0.2) is 6.54 Å². The number of hydrogen-bond acceptors (Lipinski definition) is 1. The third kappa shape index (κ3) is 3.72. The Morgan fingerprint density at radius 3 is 2.94 bits per heavy atom. The van der Waals surface area contributed by atoms with Gasteiger partial charge in [-0.25, -0.2) is 4.39 Å². The Kier molecular flexibility index (Phi) is 5.71. The molecule has 3 heteroatoms. The van der Waals surface area contributed by atoms with Gasteiger partial charge in [0.05, 0.1) is 0 Å². The van der Waals surface area contributed by atoms with Crippen LogP contribution in [0.1, 0.15) is 31.4 Å². The Balaban J connectivity index is 2.90. The lowest BCUT2D eigenvalue weighted by Gasteiger charge is -2.18. The van der Waals surface area contributed by atoms with Gasteiger partial charge in [0.25, 0.3) is 0 Å². The molecule has 0 fully saturated rings. The molecule has 1 aromatic carbocycles. The van der Waals surface area contributed by atoms with E-state index in [1.165, 1.54) is 6.07 Å². The lowest BCUT2D eigenvalue weighted by Crippen LogP contribution is -2.22. The number of halogens is 2. The zero-order valence-electron chi connectivity index (χ0n) is 9.47. The van der Waals surface area contributed by atoms with Crippen LogP contribution in [0, 0.1) is 5.82 Å². The molecule has 1 unspecified atom stereocenters. The van der Waals surface area contributed by atoms with Crippen LogP contribution in [0.4, 0.5) is 4.39 Å². The summed E-state index contributed by atoms with van der Waals surface area (Å²) in [5.74, 6) is -0.168. The number of benzene rings is 1. The van der Waals surface area contributed by atoms with E-state index in [9.17, 15) is 4.39 Å². The molecule has 0 saturated carbocycles. The van der Waals surface area contributed by atoms with E-state index in [0.717, 1.165) is 23.9 Å². The highest BCUT2D eigenvalue weighted by Gasteiger charge is 2.13. The second kappa shape index (κ2) is 6.81. The fraction of sp³-hybridized carbons (Fsp3) is 0.385. The molecule has 1 atom stereocenters. The highest BCUT2D eigenvalue weighted by Crippen LogP contribution is 2.24. The van der Waals surface area contributed by atoms with E-state index in [2.05, 4.69) is 34.7 Å². The van der Waals surface area contributed by atoms with E-state index >= 15 is 0 Å². The van der Waals surface area contributed by atoms with E-state index < -0.39 is 0 Å².